The molecule has 170 valence electrons. The van der Waals surface area contributed by atoms with E-state index in [0.717, 1.165) is 67.4 Å². The van der Waals surface area contributed by atoms with E-state index in [-0.39, 0.29) is 5.91 Å². The number of carbonyl (C=O) groups excluding carboxylic acids is 1. The summed E-state index contributed by atoms with van der Waals surface area (Å²) in [6.07, 6.45) is 7.04. The topological polar surface area (TPSA) is 62.2 Å². The predicted molar refractivity (Wildman–Crippen MR) is 129 cm³/mol. The first-order valence-electron chi connectivity index (χ1n) is 11.9. The SMILES string of the molecule is Cc1ccc(CN2C(=O)CCc3c(C)nc(C4CCN(Cc5ccncc5)CC4)nc32)cc1. The fourth-order valence-electron chi connectivity index (χ4n) is 4.92. The third kappa shape index (κ3) is 4.81. The van der Waals surface area contributed by atoms with E-state index >= 15 is 0 Å². The number of hydrogen-bond acceptors (Lipinski definition) is 5. The molecular weight excluding hydrogens is 410 g/mol. The second-order valence-electron chi connectivity index (χ2n) is 9.34. The van der Waals surface area contributed by atoms with Crippen LogP contribution in [0.3, 0.4) is 0 Å². The Hall–Kier alpha value is -3.12. The zero-order valence-electron chi connectivity index (χ0n) is 19.5. The first kappa shape index (κ1) is 21.7. The van der Waals surface area contributed by atoms with E-state index in [1.54, 1.807) is 0 Å². The summed E-state index contributed by atoms with van der Waals surface area (Å²) in [5.74, 6) is 2.21. The molecule has 0 bridgehead atoms. The number of aryl methyl sites for hydroxylation is 2. The Labute approximate surface area is 195 Å². The Kier molecular flexibility index (Phi) is 6.18. The largest absolute Gasteiger partial charge is 0.299 e. The highest BCUT2D eigenvalue weighted by Gasteiger charge is 2.30. The number of nitrogens with zero attached hydrogens (tertiary/aromatic N) is 5. The number of anilines is 1. The molecule has 0 unspecified atom stereocenters. The van der Waals surface area contributed by atoms with Crippen molar-refractivity contribution >= 4 is 11.7 Å². The van der Waals surface area contributed by atoms with Crippen LogP contribution in [-0.4, -0.2) is 38.8 Å². The lowest BCUT2D eigenvalue weighted by atomic mass is 9.94. The van der Waals surface area contributed by atoms with Gasteiger partial charge in [0, 0.05) is 42.5 Å². The van der Waals surface area contributed by atoms with Gasteiger partial charge in [-0.2, -0.15) is 0 Å². The molecule has 2 aromatic heterocycles. The average Bonchev–Trinajstić information content (AvgIpc) is 2.83. The van der Waals surface area contributed by atoms with Crippen molar-refractivity contribution < 1.29 is 4.79 Å². The molecule has 0 aliphatic carbocycles. The van der Waals surface area contributed by atoms with Crippen LogP contribution in [0.4, 0.5) is 5.82 Å². The van der Waals surface area contributed by atoms with Crippen molar-refractivity contribution in [2.45, 2.75) is 58.5 Å². The van der Waals surface area contributed by atoms with Crippen molar-refractivity contribution in [3.8, 4) is 0 Å². The molecule has 0 atom stereocenters. The third-order valence-corrected chi connectivity index (χ3v) is 6.92. The van der Waals surface area contributed by atoms with Gasteiger partial charge in [-0.1, -0.05) is 29.8 Å². The lowest BCUT2D eigenvalue weighted by Crippen LogP contribution is -2.37. The molecule has 4 heterocycles. The standard InChI is InChI=1S/C27H31N5O/c1-19-3-5-21(6-4-19)18-32-25(33)8-7-24-20(2)29-26(30-27(24)32)23-11-15-31(16-12-23)17-22-9-13-28-14-10-22/h3-6,9-10,13-14,23H,7-8,11-12,15-18H2,1-2H3. The van der Waals surface area contributed by atoms with E-state index in [2.05, 4.69) is 60.1 Å². The summed E-state index contributed by atoms with van der Waals surface area (Å²) >= 11 is 0. The zero-order valence-corrected chi connectivity index (χ0v) is 19.5. The first-order valence-corrected chi connectivity index (χ1v) is 11.9. The molecule has 0 radical (unpaired) electrons. The lowest BCUT2D eigenvalue weighted by Gasteiger charge is -2.33. The number of rotatable bonds is 5. The first-order chi connectivity index (χ1) is 16.1. The Morgan fingerprint density at radius 2 is 1.58 bits per heavy atom. The minimum absolute atomic E-state index is 0.152. The molecule has 1 aromatic carbocycles. The molecule has 1 saturated heterocycles. The monoisotopic (exact) mass is 441 g/mol. The molecule has 33 heavy (non-hydrogen) atoms. The molecule has 5 rings (SSSR count). The summed E-state index contributed by atoms with van der Waals surface area (Å²) in [6, 6.07) is 12.6. The summed E-state index contributed by atoms with van der Waals surface area (Å²) in [4.78, 5) is 31.3. The molecule has 6 nitrogen and oxygen atoms in total. The van der Waals surface area contributed by atoms with Crippen molar-refractivity contribution in [3.05, 3.63) is 82.6 Å². The van der Waals surface area contributed by atoms with Gasteiger partial charge in [0.05, 0.1) is 6.54 Å². The third-order valence-electron chi connectivity index (χ3n) is 6.92. The van der Waals surface area contributed by atoms with Crippen LogP contribution in [0.15, 0.2) is 48.8 Å². The number of benzene rings is 1. The molecule has 2 aliphatic rings. The maximum atomic E-state index is 12.9. The highest BCUT2D eigenvalue weighted by atomic mass is 16.2. The van der Waals surface area contributed by atoms with Crippen LogP contribution < -0.4 is 4.90 Å². The van der Waals surface area contributed by atoms with Crippen LogP contribution in [0.2, 0.25) is 0 Å². The van der Waals surface area contributed by atoms with Gasteiger partial charge in [0.15, 0.2) is 0 Å². The van der Waals surface area contributed by atoms with Crippen LogP contribution in [0.1, 0.15) is 59.0 Å². The fraction of sp³-hybridized carbons (Fsp3) is 0.407. The highest BCUT2D eigenvalue weighted by molar-refractivity contribution is 5.95. The van der Waals surface area contributed by atoms with Gasteiger partial charge < -0.3 is 0 Å². The van der Waals surface area contributed by atoms with E-state index in [0.29, 0.717) is 18.9 Å². The Morgan fingerprint density at radius 1 is 0.879 bits per heavy atom. The van der Waals surface area contributed by atoms with Crippen molar-refractivity contribution in [1.29, 1.82) is 0 Å². The molecule has 0 N–H and O–H groups in total. The molecule has 0 spiro atoms. The Bertz CT molecular complexity index is 1120. The number of pyridine rings is 1. The van der Waals surface area contributed by atoms with E-state index in [4.69, 9.17) is 9.97 Å². The zero-order chi connectivity index (χ0) is 22.8. The van der Waals surface area contributed by atoms with Crippen LogP contribution >= 0.6 is 0 Å². The molecule has 1 fully saturated rings. The average molecular weight is 442 g/mol. The van der Waals surface area contributed by atoms with Crippen LogP contribution in [0.5, 0.6) is 0 Å². The molecule has 3 aromatic rings. The Morgan fingerprint density at radius 3 is 2.30 bits per heavy atom. The number of hydrogen-bond donors (Lipinski definition) is 0. The Balaban J connectivity index is 1.34. The molecule has 0 saturated carbocycles. The molecule has 1 amide bonds. The number of piperidine rings is 1. The van der Waals surface area contributed by atoms with Gasteiger partial charge in [-0.15, -0.1) is 0 Å². The smallest absolute Gasteiger partial charge is 0.228 e. The number of fused-ring (bicyclic) bond motifs is 1. The van der Waals surface area contributed by atoms with Crippen LogP contribution in [0, 0.1) is 13.8 Å². The number of carbonyl (C=O) groups is 1. The van der Waals surface area contributed by atoms with Gasteiger partial charge in [-0.3, -0.25) is 19.6 Å². The van der Waals surface area contributed by atoms with Crippen LogP contribution in [0.25, 0.3) is 0 Å². The quantitative estimate of drug-likeness (QED) is 0.589. The maximum absolute atomic E-state index is 12.9. The van der Waals surface area contributed by atoms with Crippen molar-refractivity contribution in [2.75, 3.05) is 18.0 Å². The summed E-state index contributed by atoms with van der Waals surface area (Å²) < 4.78 is 0. The second-order valence-corrected chi connectivity index (χ2v) is 9.34. The predicted octanol–water partition coefficient (Wildman–Crippen LogP) is 4.35. The van der Waals surface area contributed by atoms with Gasteiger partial charge in [-0.05, 0) is 69.5 Å². The normalized spacial score (nSPS) is 17.3. The molecule has 6 heteroatoms. The van der Waals surface area contributed by atoms with E-state index < -0.39 is 0 Å². The summed E-state index contributed by atoms with van der Waals surface area (Å²) in [5, 5.41) is 0. The molecule has 2 aliphatic heterocycles. The summed E-state index contributed by atoms with van der Waals surface area (Å²) in [7, 11) is 0. The number of likely N-dealkylation sites (tertiary alicyclic amines) is 1. The fourth-order valence-corrected chi connectivity index (χ4v) is 4.92. The summed E-state index contributed by atoms with van der Waals surface area (Å²) in [6.45, 7) is 7.72. The maximum Gasteiger partial charge on any atom is 0.228 e. The summed E-state index contributed by atoms with van der Waals surface area (Å²) in [5.41, 5.74) is 5.80. The van der Waals surface area contributed by atoms with Crippen molar-refractivity contribution in [3.63, 3.8) is 0 Å². The van der Waals surface area contributed by atoms with Gasteiger partial charge in [0.25, 0.3) is 0 Å². The van der Waals surface area contributed by atoms with Gasteiger partial charge >= 0.3 is 0 Å². The van der Waals surface area contributed by atoms with Crippen LogP contribution in [-0.2, 0) is 24.3 Å². The van der Waals surface area contributed by atoms with Gasteiger partial charge in [0.1, 0.15) is 11.6 Å². The number of amides is 1. The van der Waals surface area contributed by atoms with Gasteiger partial charge in [-0.25, -0.2) is 9.97 Å². The van der Waals surface area contributed by atoms with Gasteiger partial charge in [0.2, 0.25) is 5.91 Å². The second kappa shape index (κ2) is 9.40. The van der Waals surface area contributed by atoms with E-state index in [1.165, 1.54) is 11.1 Å². The molecular formula is C27H31N5O. The van der Waals surface area contributed by atoms with E-state index in [9.17, 15) is 4.79 Å². The number of aromatic nitrogens is 3. The minimum Gasteiger partial charge on any atom is -0.299 e. The van der Waals surface area contributed by atoms with Crippen molar-refractivity contribution in [1.82, 2.24) is 19.9 Å². The highest BCUT2D eigenvalue weighted by Crippen LogP contribution is 2.33. The lowest BCUT2D eigenvalue weighted by molar-refractivity contribution is -0.119. The minimum atomic E-state index is 0.152. The van der Waals surface area contributed by atoms with Crippen molar-refractivity contribution in [2.24, 2.45) is 0 Å². The van der Waals surface area contributed by atoms with E-state index in [1.807, 2.05) is 17.3 Å².